The highest BCUT2D eigenvalue weighted by Gasteiger charge is 2.50. The molecule has 0 aromatic carbocycles. The van der Waals surface area contributed by atoms with Gasteiger partial charge in [0.15, 0.2) is 12.6 Å². The fourth-order valence-corrected chi connectivity index (χ4v) is 7.48. The quantitative estimate of drug-likeness (QED) is 0.0690. The van der Waals surface area contributed by atoms with Crippen molar-refractivity contribution in [2.45, 2.75) is 147 Å². The van der Waals surface area contributed by atoms with Gasteiger partial charge in [-0.25, -0.2) is 0 Å². The van der Waals surface area contributed by atoms with Crippen LogP contribution in [0.2, 0.25) is 0 Å². The minimum atomic E-state index is -1.41. The molecule has 20 unspecified atom stereocenters. The van der Waals surface area contributed by atoms with E-state index < -0.39 is 134 Å². The number of hydrogen-bond acceptors (Lipinski definition) is 23. The highest BCUT2D eigenvalue weighted by Crippen LogP contribution is 2.30. The summed E-state index contributed by atoms with van der Waals surface area (Å²) in [5.74, 6) is 0. The predicted octanol–water partition coefficient (Wildman–Crippen LogP) is -10.5. The van der Waals surface area contributed by atoms with Crippen molar-refractivity contribution in [1.82, 2.24) is 4.90 Å². The van der Waals surface area contributed by atoms with Crippen molar-refractivity contribution < 1.29 is 69.3 Å². The molecule has 2 saturated heterocycles. The van der Waals surface area contributed by atoms with Crippen LogP contribution in [0.15, 0.2) is 0 Å². The van der Waals surface area contributed by atoms with Gasteiger partial charge in [0.25, 0.3) is 0 Å². The molecule has 0 bridgehead atoms. The summed E-state index contributed by atoms with van der Waals surface area (Å²) in [4.78, 5) is 1.59. The van der Waals surface area contributed by atoms with Crippen molar-refractivity contribution in [2.75, 3.05) is 46.4 Å². The molecule has 4 fully saturated rings. The lowest BCUT2D eigenvalue weighted by molar-refractivity contribution is -0.292. The zero-order valence-electron chi connectivity index (χ0n) is 30.5. The topological polar surface area (TPSA) is 429 Å². The largest absolute Gasteiger partial charge is 0.389 e. The highest BCUT2D eigenvalue weighted by molar-refractivity contribution is 5.02. The first-order chi connectivity index (χ1) is 25.4. The lowest BCUT2D eigenvalue weighted by Gasteiger charge is -2.47. The normalized spacial score (nSPS) is 47.4. The van der Waals surface area contributed by atoms with Crippen LogP contribution in [0.5, 0.6) is 0 Å². The number of aliphatic hydroxyl groups excluding tert-OH is 8. The molecule has 4 rings (SSSR count). The Morgan fingerprint density at radius 2 is 0.907 bits per heavy atom. The second-order valence-corrected chi connectivity index (χ2v) is 15.1. The lowest BCUT2D eigenvalue weighted by atomic mass is 9.84. The SMILES string of the molecule is CN(C[C@H](O)COC1C(O)C(N)CC(N)C1OC1OC(CN)C(O)C(O)C1N)C[C@H](O)COC1C(O)C(N)CC(N)C1OC1OC(CN)C(O)C(O)C1N. The molecule has 54 heavy (non-hydrogen) atoms. The first-order valence-corrected chi connectivity index (χ1v) is 18.3. The van der Waals surface area contributed by atoms with Crippen LogP contribution in [0.3, 0.4) is 0 Å². The monoisotopic (exact) mass is 787 g/mol. The Labute approximate surface area is 313 Å². The van der Waals surface area contributed by atoms with Crippen molar-refractivity contribution >= 4 is 0 Å². The molecule has 22 atom stereocenters. The predicted molar refractivity (Wildman–Crippen MR) is 187 cm³/mol. The Hall–Kier alpha value is -0.920. The molecule has 24 N–H and O–H groups in total. The molecule has 0 amide bonds. The number of hydrogen-bond donors (Lipinski definition) is 16. The first kappa shape index (κ1) is 45.8. The molecule has 23 nitrogen and oxygen atoms in total. The fraction of sp³-hybridized carbons (Fsp3) is 1.00. The van der Waals surface area contributed by atoms with Gasteiger partial charge in [-0.05, 0) is 19.9 Å². The molecule has 2 heterocycles. The molecule has 4 aliphatic rings. The average molecular weight is 788 g/mol. The molecular weight excluding hydrogens is 722 g/mol. The van der Waals surface area contributed by atoms with E-state index in [4.69, 9.17) is 74.3 Å². The Balaban J connectivity index is 1.30. The summed E-state index contributed by atoms with van der Waals surface area (Å²) in [6.45, 7) is -0.906. The molecule has 0 radical (unpaired) electrons. The number of ether oxygens (including phenoxy) is 6. The number of likely N-dealkylation sites (N-methyl/N-ethyl adjacent to an activating group) is 1. The second-order valence-electron chi connectivity index (χ2n) is 15.1. The second kappa shape index (κ2) is 20.2. The lowest BCUT2D eigenvalue weighted by Crippen LogP contribution is -2.68. The summed E-state index contributed by atoms with van der Waals surface area (Å²) >= 11 is 0. The van der Waals surface area contributed by atoms with Crippen molar-refractivity contribution in [3.8, 4) is 0 Å². The van der Waals surface area contributed by atoms with Gasteiger partial charge in [-0.1, -0.05) is 0 Å². The van der Waals surface area contributed by atoms with E-state index >= 15 is 0 Å². The van der Waals surface area contributed by atoms with E-state index in [9.17, 15) is 40.9 Å². The van der Waals surface area contributed by atoms with Crippen molar-refractivity contribution in [3.05, 3.63) is 0 Å². The fourth-order valence-electron chi connectivity index (χ4n) is 7.48. The number of aliphatic hydroxyl groups is 8. The van der Waals surface area contributed by atoms with E-state index in [2.05, 4.69) is 0 Å². The number of rotatable bonds is 16. The maximum Gasteiger partial charge on any atom is 0.176 e. The molecule has 0 spiro atoms. The van der Waals surface area contributed by atoms with Crippen LogP contribution < -0.4 is 45.9 Å². The average Bonchev–Trinajstić information content (AvgIpc) is 3.12. The van der Waals surface area contributed by atoms with Gasteiger partial charge in [0.05, 0.1) is 49.7 Å². The van der Waals surface area contributed by atoms with Crippen LogP contribution in [-0.4, -0.2) is 226 Å². The van der Waals surface area contributed by atoms with E-state index in [1.807, 2.05) is 0 Å². The first-order valence-electron chi connectivity index (χ1n) is 18.3. The van der Waals surface area contributed by atoms with E-state index in [0.29, 0.717) is 0 Å². The zero-order chi connectivity index (χ0) is 40.2. The van der Waals surface area contributed by atoms with Gasteiger partial charge in [0, 0.05) is 50.3 Å². The minimum Gasteiger partial charge on any atom is -0.389 e. The van der Waals surface area contributed by atoms with Gasteiger partial charge in [-0.15, -0.1) is 0 Å². The van der Waals surface area contributed by atoms with Crippen molar-refractivity contribution in [3.63, 3.8) is 0 Å². The van der Waals surface area contributed by atoms with Crippen LogP contribution in [0.25, 0.3) is 0 Å². The molecule has 2 aliphatic carbocycles. The summed E-state index contributed by atoms with van der Waals surface area (Å²) in [6, 6.07) is -5.43. The van der Waals surface area contributed by atoms with Crippen LogP contribution in [0.1, 0.15) is 12.8 Å². The Morgan fingerprint density at radius 3 is 1.24 bits per heavy atom. The maximum atomic E-state index is 10.9. The van der Waals surface area contributed by atoms with E-state index in [1.54, 1.807) is 11.9 Å². The van der Waals surface area contributed by atoms with Crippen molar-refractivity contribution in [2.24, 2.45) is 45.9 Å². The summed E-state index contributed by atoms with van der Waals surface area (Å²) in [5, 5.41) is 84.8. The smallest absolute Gasteiger partial charge is 0.176 e. The Morgan fingerprint density at radius 1 is 0.556 bits per heavy atom. The van der Waals surface area contributed by atoms with E-state index in [0.717, 1.165) is 0 Å². The summed E-state index contributed by atoms with van der Waals surface area (Å²) in [6.07, 6.45) is -18.8. The van der Waals surface area contributed by atoms with E-state index in [-0.39, 0.29) is 52.2 Å². The zero-order valence-corrected chi connectivity index (χ0v) is 30.5. The van der Waals surface area contributed by atoms with Crippen LogP contribution in [0.4, 0.5) is 0 Å². The van der Waals surface area contributed by atoms with E-state index in [1.165, 1.54) is 0 Å². The Kier molecular flexibility index (Phi) is 17.1. The van der Waals surface area contributed by atoms with Gasteiger partial charge in [-0.2, -0.15) is 0 Å². The summed E-state index contributed by atoms with van der Waals surface area (Å²) in [7, 11) is 1.62. The molecule has 0 aromatic rings. The van der Waals surface area contributed by atoms with Gasteiger partial charge in [0.2, 0.25) is 0 Å². The van der Waals surface area contributed by atoms with Crippen LogP contribution >= 0.6 is 0 Å². The third-order valence-electron chi connectivity index (χ3n) is 10.7. The van der Waals surface area contributed by atoms with Gasteiger partial charge in [0.1, 0.15) is 61.0 Å². The molecule has 2 aliphatic heterocycles. The molecule has 2 saturated carbocycles. The summed E-state index contributed by atoms with van der Waals surface area (Å²) in [5.41, 5.74) is 48.3. The number of nitrogens with two attached hydrogens (primary N) is 8. The molecule has 23 heteroatoms. The Bertz CT molecular complexity index is 1050. The highest BCUT2D eigenvalue weighted by atomic mass is 16.7. The third-order valence-corrected chi connectivity index (χ3v) is 10.7. The third kappa shape index (κ3) is 10.8. The summed E-state index contributed by atoms with van der Waals surface area (Å²) < 4.78 is 35.2. The van der Waals surface area contributed by atoms with Gasteiger partial charge < -0.3 is 120 Å². The molecule has 318 valence electrons. The van der Waals surface area contributed by atoms with Crippen LogP contribution in [0, 0.1) is 0 Å². The molecular formula is C31H65N9O14. The standard InChI is InChI=1S/C31H65N9O14/c1-40(6-10(41)8-49-28-20(43)12(34)2-14(36)26(28)53-30-18(38)24(47)22(45)16(4-32)51-30)7-11(42)9-50-29-21(44)13(35)3-15(37)27(29)54-31-19(39)25(48)23(46)17(5-33)52-31/h10-31,41-48H,2-9,32-39H2,1H3/t10-,11-,12?,13?,14?,15?,16?,17?,18?,19?,20?,21?,22?,23?,24?,25?,26?,27?,28?,29?,30?,31?/m0/s1. The minimum absolute atomic E-state index is 0.0106. The maximum absolute atomic E-state index is 10.9. The molecule has 0 aromatic heterocycles. The van der Waals surface area contributed by atoms with Crippen LogP contribution in [-0.2, 0) is 28.4 Å². The van der Waals surface area contributed by atoms with Gasteiger partial charge in [-0.3, -0.25) is 0 Å². The van der Waals surface area contributed by atoms with Gasteiger partial charge >= 0.3 is 0 Å². The van der Waals surface area contributed by atoms with Crippen molar-refractivity contribution in [1.29, 1.82) is 0 Å². The number of nitrogens with zero attached hydrogens (tertiary/aromatic N) is 1.